The van der Waals surface area contributed by atoms with Gasteiger partial charge in [-0.2, -0.15) is 5.10 Å². The molecule has 3 aromatic rings. The third-order valence-electron chi connectivity index (χ3n) is 4.89. The molecule has 28 heavy (non-hydrogen) atoms. The number of hydrogen-bond donors (Lipinski definition) is 1. The van der Waals surface area contributed by atoms with Crippen LogP contribution in [0, 0.1) is 0 Å². The molecule has 1 aliphatic rings. The van der Waals surface area contributed by atoms with Gasteiger partial charge in [-0.05, 0) is 36.2 Å². The fourth-order valence-corrected chi connectivity index (χ4v) is 3.39. The lowest BCUT2D eigenvalue weighted by Crippen LogP contribution is -2.38. The largest absolute Gasteiger partial charge is 0.343 e. The smallest absolute Gasteiger partial charge is 0.251 e. The molecule has 1 saturated heterocycles. The number of nitrogens with one attached hydrogen (secondary N) is 1. The number of carbonyl (C=O) groups is 2. The second-order valence-corrected chi connectivity index (χ2v) is 6.77. The molecule has 0 radical (unpaired) electrons. The minimum atomic E-state index is -0.259. The van der Waals surface area contributed by atoms with Gasteiger partial charge in [0.05, 0.1) is 11.7 Å². The van der Waals surface area contributed by atoms with Crippen molar-refractivity contribution in [3.05, 3.63) is 78.4 Å². The van der Waals surface area contributed by atoms with Crippen LogP contribution in [0.4, 0.5) is 0 Å². The highest BCUT2D eigenvalue weighted by molar-refractivity contribution is 5.94. The molecule has 0 spiro atoms. The molecule has 1 aromatic heterocycles. The number of benzene rings is 2. The Bertz CT molecular complexity index is 939. The van der Waals surface area contributed by atoms with E-state index < -0.39 is 0 Å². The predicted octanol–water partition coefficient (Wildman–Crippen LogP) is 2.36. The maximum atomic E-state index is 12.8. The van der Waals surface area contributed by atoms with Crippen molar-refractivity contribution >= 4 is 11.8 Å². The van der Waals surface area contributed by atoms with E-state index in [0.29, 0.717) is 18.5 Å². The first-order valence-corrected chi connectivity index (χ1v) is 9.29. The molecule has 7 nitrogen and oxygen atoms in total. The Morgan fingerprint density at radius 3 is 2.54 bits per heavy atom. The van der Waals surface area contributed by atoms with E-state index in [1.165, 1.54) is 6.33 Å². The van der Waals surface area contributed by atoms with Crippen LogP contribution in [0.15, 0.2) is 67.3 Å². The van der Waals surface area contributed by atoms with Crippen molar-refractivity contribution in [3.63, 3.8) is 0 Å². The Labute approximate surface area is 163 Å². The zero-order valence-electron chi connectivity index (χ0n) is 15.4. The zero-order chi connectivity index (χ0) is 19.3. The molecular weight excluding hydrogens is 354 g/mol. The quantitative estimate of drug-likeness (QED) is 0.717. The van der Waals surface area contributed by atoms with E-state index in [0.717, 1.165) is 24.2 Å². The number of aromatic nitrogens is 3. The molecule has 1 atom stereocenters. The molecular formula is C21H21N5O2. The summed E-state index contributed by atoms with van der Waals surface area (Å²) in [5.74, 6) is -0.0296. The lowest BCUT2D eigenvalue weighted by atomic mass is 10.1. The summed E-state index contributed by atoms with van der Waals surface area (Å²) in [7, 11) is 0. The second kappa shape index (κ2) is 8.04. The Kier molecular flexibility index (Phi) is 5.14. The van der Waals surface area contributed by atoms with Gasteiger partial charge in [-0.25, -0.2) is 9.67 Å². The molecule has 2 amide bonds. The van der Waals surface area contributed by atoms with E-state index in [1.807, 2.05) is 47.4 Å². The Morgan fingerprint density at radius 2 is 1.89 bits per heavy atom. The summed E-state index contributed by atoms with van der Waals surface area (Å²) in [5, 5.41) is 7.16. The molecule has 1 unspecified atom stereocenters. The molecule has 1 N–H and O–H groups in total. The summed E-state index contributed by atoms with van der Waals surface area (Å²) in [6.07, 6.45) is 4.52. The summed E-state index contributed by atoms with van der Waals surface area (Å²) < 4.78 is 1.63. The van der Waals surface area contributed by atoms with Crippen LogP contribution in [-0.4, -0.2) is 44.6 Å². The lowest BCUT2D eigenvalue weighted by molar-refractivity contribution is -0.128. The Hall–Kier alpha value is -3.48. The van der Waals surface area contributed by atoms with Gasteiger partial charge < -0.3 is 10.2 Å². The van der Waals surface area contributed by atoms with Crippen molar-refractivity contribution in [2.24, 2.45) is 0 Å². The molecule has 1 fully saturated rings. The first-order chi connectivity index (χ1) is 13.7. The van der Waals surface area contributed by atoms with Crippen LogP contribution in [0.25, 0.3) is 5.69 Å². The third kappa shape index (κ3) is 3.93. The lowest BCUT2D eigenvalue weighted by Gasteiger charge is -2.25. The van der Waals surface area contributed by atoms with E-state index in [-0.39, 0.29) is 17.9 Å². The van der Waals surface area contributed by atoms with Gasteiger partial charge in [-0.3, -0.25) is 9.59 Å². The van der Waals surface area contributed by atoms with Gasteiger partial charge in [0.25, 0.3) is 5.91 Å². The molecule has 0 aliphatic carbocycles. The van der Waals surface area contributed by atoms with Crippen molar-refractivity contribution < 1.29 is 9.59 Å². The maximum Gasteiger partial charge on any atom is 0.251 e. The SMILES string of the molecule is O=C(NC(CN1CCCC1=O)c1ccccc1)c1ccc(-n2cncn2)cc1. The average Bonchev–Trinajstić information content (AvgIpc) is 3.41. The first-order valence-electron chi connectivity index (χ1n) is 9.29. The van der Waals surface area contributed by atoms with Crippen LogP contribution in [0.3, 0.4) is 0 Å². The first kappa shape index (κ1) is 17.9. The van der Waals surface area contributed by atoms with Crippen molar-refractivity contribution in [1.29, 1.82) is 0 Å². The summed E-state index contributed by atoms with van der Waals surface area (Å²) >= 11 is 0. The Balaban J connectivity index is 1.50. The minimum absolute atomic E-state index is 0.146. The average molecular weight is 375 g/mol. The summed E-state index contributed by atoms with van der Waals surface area (Å²) in [6.45, 7) is 1.22. The van der Waals surface area contributed by atoms with Crippen molar-refractivity contribution in [1.82, 2.24) is 25.0 Å². The van der Waals surface area contributed by atoms with Crippen LogP contribution in [0.2, 0.25) is 0 Å². The Morgan fingerprint density at radius 1 is 1.11 bits per heavy atom. The third-order valence-corrected chi connectivity index (χ3v) is 4.89. The van der Waals surface area contributed by atoms with Crippen LogP contribution in [0.1, 0.15) is 34.8 Å². The van der Waals surface area contributed by atoms with Crippen molar-refractivity contribution in [3.8, 4) is 5.69 Å². The predicted molar refractivity (Wildman–Crippen MR) is 104 cm³/mol. The maximum absolute atomic E-state index is 12.8. The highest BCUT2D eigenvalue weighted by atomic mass is 16.2. The number of hydrogen-bond acceptors (Lipinski definition) is 4. The normalized spacial score (nSPS) is 14.9. The zero-order valence-corrected chi connectivity index (χ0v) is 15.4. The monoisotopic (exact) mass is 375 g/mol. The highest BCUT2D eigenvalue weighted by Crippen LogP contribution is 2.19. The fourth-order valence-electron chi connectivity index (χ4n) is 3.39. The van der Waals surface area contributed by atoms with Crippen molar-refractivity contribution in [2.75, 3.05) is 13.1 Å². The molecule has 142 valence electrons. The topological polar surface area (TPSA) is 80.1 Å². The van der Waals surface area contributed by atoms with Gasteiger partial charge in [0.15, 0.2) is 0 Å². The van der Waals surface area contributed by atoms with E-state index >= 15 is 0 Å². The summed E-state index contributed by atoms with van der Waals surface area (Å²) in [5.41, 5.74) is 2.36. The van der Waals surface area contributed by atoms with Crippen LogP contribution >= 0.6 is 0 Å². The van der Waals surface area contributed by atoms with Gasteiger partial charge in [-0.15, -0.1) is 0 Å². The molecule has 1 aliphatic heterocycles. The number of amides is 2. The van der Waals surface area contributed by atoms with E-state index in [2.05, 4.69) is 15.4 Å². The summed E-state index contributed by atoms with van der Waals surface area (Å²) in [4.78, 5) is 30.6. The van der Waals surface area contributed by atoms with Gasteiger partial charge in [0.1, 0.15) is 12.7 Å². The van der Waals surface area contributed by atoms with Gasteiger partial charge >= 0.3 is 0 Å². The van der Waals surface area contributed by atoms with Crippen molar-refractivity contribution in [2.45, 2.75) is 18.9 Å². The molecule has 2 aromatic carbocycles. The number of likely N-dealkylation sites (tertiary alicyclic amines) is 1. The van der Waals surface area contributed by atoms with E-state index in [4.69, 9.17) is 0 Å². The second-order valence-electron chi connectivity index (χ2n) is 6.77. The standard InChI is InChI=1S/C21H21N5O2/c27-20-7-4-12-25(20)13-19(16-5-2-1-3-6-16)24-21(28)17-8-10-18(11-9-17)26-15-22-14-23-26/h1-3,5-6,8-11,14-15,19H,4,7,12-13H2,(H,24,28). The molecule has 0 saturated carbocycles. The van der Waals surface area contributed by atoms with Gasteiger partial charge in [0.2, 0.25) is 5.91 Å². The number of rotatable bonds is 6. The van der Waals surface area contributed by atoms with Gasteiger partial charge in [-0.1, -0.05) is 30.3 Å². The molecule has 4 rings (SSSR count). The van der Waals surface area contributed by atoms with E-state index in [1.54, 1.807) is 23.1 Å². The van der Waals surface area contributed by atoms with E-state index in [9.17, 15) is 9.59 Å². The number of nitrogens with zero attached hydrogens (tertiary/aromatic N) is 4. The molecule has 2 heterocycles. The van der Waals surface area contributed by atoms with Crippen LogP contribution in [0.5, 0.6) is 0 Å². The van der Waals surface area contributed by atoms with Gasteiger partial charge in [0, 0.05) is 25.1 Å². The highest BCUT2D eigenvalue weighted by Gasteiger charge is 2.25. The fraction of sp³-hybridized carbons (Fsp3) is 0.238. The van der Waals surface area contributed by atoms with Crippen LogP contribution in [-0.2, 0) is 4.79 Å². The molecule has 0 bridgehead atoms. The van der Waals surface area contributed by atoms with Crippen LogP contribution < -0.4 is 5.32 Å². The minimum Gasteiger partial charge on any atom is -0.343 e. The number of carbonyl (C=O) groups excluding carboxylic acids is 2. The summed E-state index contributed by atoms with van der Waals surface area (Å²) in [6, 6.07) is 16.7. The molecule has 7 heteroatoms.